The maximum Gasteiger partial charge on any atom is 0.421 e. The van der Waals surface area contributed by atoms with E-state index < -0.39 is 11.0 Å². The maximum absolute atomic E-state index is 11.7. The Kier molecular flexibility index (Phi) is 3.33. The second kappa shape index (κ2) is 5.09. The average Bonchev–Trinajstić information content (AvgIpc) is 2.40. The molecule has 1 aliphatic rings. The number of nitro benzene ring substituents is 1. The van der Waals surface area contributed by atoms with Gasteiger partial charge in [0.2, 0.25) is 5.75 Å². The lowest BCUT2D eigenvalue weighted by atomic mass is 10.3. The van der Waals surface area contributed by atoms with Crippen molar-refractivity contribution in [2.75, 3.05) is 6.67 Å². The van der Waals surface area contributed by atoms with Crippen LogP contribution in [0.5, 0.6) is 5.75 Å². The average molecular weight is 247 g/mol. The molecule has 7 nitrogen and oxygen atoms in total. The Bertz CT molecular complexity index is 539. The van der Waals surface area contributed by atoms with Crippen LogP contribution in [-0.4, -0.2) is 28.8 Å². The van der Waals surface area contributed by atoms with Crippen LogP contribution in [0.15, 0.2) is 41.5 Å². The fourth-order valence-electron chi connectivity index (χ4n) is 1.35. The predicted octanol–water partition coefficient (Wildman–Crippen LogP) is 1.95. The van der Waals surface area contributed by atoms with Crippen LogP contribution in [0.2, 0.25) is 0 Å². The van der Waals surface area contributed by atoms with Gasteiger partial charge in [-0.2, -0.15) is 0 Å². The zero-order valence-corrected chi connectivity index (χ0v) is 9.22. The van der Waals surface area contributed by atoms with Crippen molar-refractivity contribution in [3.63, 3.8) is 0 Å². The Labute approximate surface area is 102 Å². The van der Waals surface area contributed by atoms with Gasteiger partial charge in [0.1, 0.15) is 6.67 Å². The zero-order valence-electron chi connectivity index (χ0n) is 9.22. The van der Waals surface area contributed by atoms with Crippen LogP contribution in [-0.2, 0) is 0 Å². The minimum atomic E-state index is -0.711. The van der Waals surface area contributed by atoms with Gasteiger partial charge in [0.05, 0.1) is 4.92 Å². The van der Waals surface area contributed by atoms with Gasteiger partial charge in [-0.15, -0.1) is 0 Å². The van der Waals surface area contributed by atoms with Crippen molar-refractivity contribution in [3.05, 3.63) is 46.7 Å². The Morgan fingerprint density at radius 3 is 2.89 bits per heavy atom. The van der Waals surface area contributed by atoms with E-state index in [4.69, 9.17) is 4.74 Å². The molecule has 0 spiro atoms. The molecule has 0 aromatic heterocycles. The number of hydrogen-bond donors (Lipinski definition) is 0. The van der Waals surface area contributed by atoms with Crippen molar-refractivity contribution in [2.45, 2.75) is 0 Å². The molecule has 92 valence electrons. The number of ether oxygens (including phenoxy) is 1. The van der Waals surface area contributed by atoms with Crippen molar-refractivity contribution < 1.29 is 14.5 Å². The second-order valence-corrected chi connectivity index (χ2v) is 3.38. The number of aliphatic imine (C=N–C) groups is 1. The number of allylic oxidation sites excluding steroid dienone is 1. The highest BCUT2D eigenvalue weighted by Gasteiger charge is 2.20. The van der Waals surface area contributed by atoms with E-state index in [1.165, 1.54) is 29.3 Å². The number of hydrogen-bond acceptors (Lipinski definition) is 5. The second-order valence-electron chi connectivity index (χ2n) is 3.38. The van der Waals surface area contributed by atoms with Crippen LogP contribution in [0.4, 0.5) is 10.5 Å². The van der Waals surface area contributed by atoms with Crippen LogP contribution in [0, 0.1) is 10.1 Å². The standard InChI is InChI=1S/C11H9N3O4/c15-11(13-7-3-6-12-8-13)18-10-5-2-1-4-9(10)14(16)17/h1-7H,8H2. The summed E-state index contributed by atoms with van der Waals surface area (Å²) in [4.78, 5) is 26.9. The minimum Gasteiger partial charge on any atom is -0.403 e. The number of para-hydroxylation sites is 2. The summed E-state index contributed by atoms with van der Waals surface area (Å²) in [6.07, 6.45) is 3.90. The van der Waals surface area contributed by atoms with E-state index in [-0.39, 0.29) is 18.1 Å². The van der Waals surface area contributed by atoms with Crippen LogP contribution >= 0.6 is 0 Å². The molecule has 0 atom stereocenters. The van der Waals surface area contributed by atoms with Gasteiger partial charge < -0.3 is 4.74 Å². The zero-order chi connectivity index (χ0) is 13.0. The fourth-order valence-corrected chi connectivity index (χ4v) is 1.35. The summed E-state index contributed by atoms with van der Waals surface area (Å²) in [5.41, 5.74) is -0.254. The van der Waals surface area contributed by atoms with E-state index in [0.717, 1.165) is 0 Å². The molecule has 0 radical (unpaired) electrons. The van der Waals surface area contributed by atoms with Crippen LogP contribution in [0.3, 0.4) is 0 Å². The van der Waals surface area contributed by atoms with Gasteiger partial charge in [0, 0.05) is 18.5 Å². The van der Waals surface area contributed by atoms with E-state index in [1.807, 2.05) is 0 Å². The van der Waals surface area contributed by atoms with E-state index in [2.05, 4.69) is 4.99 Å². The molecule has 2 rings (SSSR count). The molecule has 7 heteroatoms. The molecule has 18 heavy (non-hydrogen) atoms. The number of amides is 1. The Morgan fingerprint density at radius 2 is 2.22 bits per heavy atom. The first-order valence-corrected chi connectivity index (χ1v) is 5.07. The molecular formula is C11H9N3O4. The summed E-state index contributed by atoms with van der Waals surface area (Å²) in [5, 5.41) is 10.7. The van der Waals surface area contributed by atoms with Gasteiger partial charge >= 0.3 is 11.8 Å². The quantitative estimate of drug-likeness (QED) is 0.590. The minimum absolute atomic E-state index is 0.0875. The summed E-state index contributed by atoms with van der Waals surface area (Å²) < 4.78 is 4.97. The number of nitrogens with zero attached hydrogens (tertiary/aromatic N) is 3. The highest BCUT2D eigenvalue weighted by atomic mass is 16.6. The summed E-state index contributed by atoms with van der Waals surface area (Å²) in [7, 11) is 0. The molecule has 1 heterocycles. The SMILES string of the molecule is O=C(Oc1ccccc1[N+](=O)[O-])N1C=CC=NC1. The molecule has 1 aromatic carbocycles. The largest absolute Gasteiger partial charge is 0.421 e. The van der Waals surface area contributed by atoms with Crippen molar-refractivity contribution in [2.24, 2.45) is 4.99 Å². The molecular weight excluding hydrogens is 238 g/mol. The lowest BCUT2D eigenvalue weighted by Crippen LogP contribution is -2.30. The Morgan fingerprint density at radius 1 is 1.44 bits per heavy atom. The lowest BCUT2D eigenvalue weighted by molar-refractivity contribution is -0.385. The van der Waals surface area contributed by atoms with Gasteiger partial charge in [0.25, 0.3) is 0 Å². The number of nitro groups is 1. The van der Waals surface area contributed by atoms with Gasteiger partial charge in [-0.3, -0.25) is 20.0 Å². The van der Waals surface area contributed by atoms with Gasteiger partial charge in [-0.05, 0) is 12.1 Å². The third kappa shape index (κ3) is 2.51. The molecule has 1 amide bonds. The van der Waals surface area contributed by atoms with E-state index >= 15 is 0 Å². The molecule has 1 aromatic rings. The molecule has 0 unspecified atom stereocenters. The lowest BCUT2D eigenvalue weighted by Gasteiger charge is -2.16. The highest BCUT2D eigenvalue weighted by Crippen LogP contribution is 2.26. The van der Waals surface area contributed by atoms with Crippen molar-refractivity contribution >= 4 is 18.0 Å². The van der Waals surface area contributed by atoms with Crippen molar-refractivity contribution in [1.82, 2.24) is 4.90 Å². The number of carbonyl (C=O) groups excluding carboxylic acids is 1. The van der Waals surface area contributed by atoms with E-state index in [9.17, 15) is 14.9 Å². The van der Waals surface area contributed by atoms with Gasteiger partial charge in [0.15, 0.2) is 0 Å². The van der Waals surface area contributed by atoms with Crippen LogP contribution < -0.4 is 4.74 Å². The first-order valence-electron chi connectivity index (χ1n) is 5.07. The number of rotatable bonds is 2. The molecule has 0 fully saturated rings. The molecule has 0 N–H and O–H groups in total. The number of benzene rings is 1. The predicted molar refractivity (Wildman–Crippen MR) is 63.5 cm³/mol. The third-order valence-electron chi connectivity index (χ3n) is 2.19. The van der Waals surface area contributed by atoms with Crippen molar-refractivity contribution in [1.29, 1.82) is 0 Å². The maximum atomic E-state index is 11.7. The Balaban J connectivity index is 2.14. The summed E-state index contributed by atoms with van der Waals surface area (Å²) in [6, 6.07) is 5.69. The van der Waals surface area contributed by atoms with Gasteiger partial charge in [-0.25, -0.2) is 4.79 Å². The van der Waals surface area contributed by atoms with Crippen molar-refractivity contribution in [3.8, 4) is 5.75 Å². The molecule has 0 bridgehead atoms. The first kappa shape index (κ1) is 11.8. The monoisotopic (exact) mass is 247 g/mol. The molecule has 1 aliphatic heterocycles. The number of carbonyl (C=O) groups is 1. The highest BCUT2D eigenvalue weighted by molar-refractivity contribution is 5.78. The molecule has 0 aliphatic carbocycles. The van der Waals surface area contributed by atoms with Crippen LogP contribution in [0.25, 0.3) is 0 Å². The summed E-state index contributed by atoms with van der Waals surface area (Å²) in [5.74, 6) is -0.0875. The summed E-state index contributed by atoms with van der Waals surface area (Å²) >= 11 is 0. The summed E-state index contributed by atoms with van der Waals surface area (Å²) in [6.45, 7) is 0.135. The third-order valence-corrected chi connectivity index (χ3v) is 2.19. The normalized spacial score (nSPS) is 13.4. The van der Waals surface area contributed by atoms with E-state index in [1.54, 1.807) is 18.4 Å². The Hall–Kier alpha value is -2.70. The topological polar surface area (TPSA) is 85.0 Å². The molecule has 0 saturated heterocycles. The first-order chi connectivity index (χ1) is 8.68. The fraction of sp³-hybridized carbons (Fsp3) is 0.0909. The van der Waals surface area contributed by atoms with Crippen LogP contribution in [0.1, 0.15) is 0 Å². The molecule has 0 saturated carbocycles. The van der Waals surface area contributed by atoms with Gasteiger partial charge in [-0.1, -0.05) is 12.1 Å². The smallest absolute Gasteiger partial charge is 0.403 e. The van der Waals surface area contributed by atoms with E-state index in [0.29, 0.717) is 0 Å².